The Morgan fingerprint density at radius 3 is 2.44 bits per heavy atom. The molecule has 0 aliphatic heterocycles. The molecule has 0 radical (unpaired) electrons. The lowest BCUT2D eigenvalue weighted by molar-refractivity contribution is -0.123. The van der Waals surface area contributed by atoms with E-state index < -0.39 is 18.0 Å². The van der Waals surface area contributed by atoms with Crippen LogP contribution in [0.1, 0.15) is 17.3 Å². The monoisotopic (exact) mass is 365 g/mol. The molecule has 3 rings (SSSR count). The molecule has 0 bridgehead atoms. The van der Waals surface area contributed by atoms with Crippen LogP contribution in [0.2, 0.25) is 0 Å². The lowest BCUT2D eigenvalue weighted by Crippen LogP contribution is -2.30. The first-order chi connectivity index (χ1) is 13.0. The molecule has 3 aromatic rings. The van der Waals surface area contributed by atoms with Crippen LogP contribution < -0.4 is 10.1 Å². The third kappa shape index (κ3) is 4.17. The van der Waals surface area contributed by atoms with E-state index in [4.69, 9.17) is 9.47 Å². The number of rotatable bonds is 5. The van der Waals surface area contributed by atoms with E-state index in [1.165, 1.54) is 32.2 Å². The highest BCUT2D eigenvalue weighted by Crippen LogP contribution is 2.24. The molecular formula is C21H19NO5. The summed E-state index contributed by atoms with van der Waals surface area (Å²) in [4.78, 5) is 24.5. The van der Waals surface area contributed by atoms with Gasteiger partial charge in [-0.25, -0.2) is 4.79 Å². The average Bonchev–Trinajstić information content (AvgIpc) is 2.67. The quantitative estimate of drug-likeness (QED) is 0.673. The average molecular weight is 365 g/mol. The third-order valence-corrected chi connectivity index (χ3v) is 4.09. The highest BCUT2D eigenvalue weighted by atomic mass is 16.5. The second-order valence-electron chi connectivity index (χ2n) is 5.98. The highest BCUT2D eigenvalue weighted by molar-refractivity contribution is 5.99. The van der Waals surface area contributed by atoms with Gasteiger partial charge in [0.05, 0.1) is 7.11 Å². The van der Waals surface area contributed by atoms with Crippen molar-refractivity contribution in [1.82, 2.24) is 0 Å². The molecule has 2 N–H and O–H groups in total. The molecule has 0 aliphatic carbocycles. The van der Waals surface area contributed by atoms with Crippen molar-refractivity contribution in [3.63, 3.8) is 0 Å². The van der Waals surface area contributed by atoms with Crippen LogP contribution in [0.25, 0.3) is 10.8 Å². The molecule has 27 heavy (non-hydrogen) atoms. The van der Waals surface area contributed by atoms with Gasteiger partial charge in [0, 0.05) is 11.8 Å². The van der Waals surface area contributed by atoms with Gasteiger partial charge in [-0.3, -0.25) is 4.79 Å². The Bertz CT molecular complexity index is 999. The van der Waals surface area contributed by atoms with Crippen molar-refractivity contribution < 1.29 is 24.2 Å². The highest BCUT2D eigenvalue weighted by Gasteiger charge is 2.21. The minimum absolute atomic E-state index is 0.0406. The zero-order valence-electron chi connectivity index (χ0n) is 14.9. The second kappa shape index (κ2) is 7.78. The minimum atomic E-state index is -1.04. The van der Waals surface area contributed by atoms with Crippen molar-refractivity contribution in [2.45, 2.75) is 13.0 Å². The summed E-state index contributed by atoms with van der Waals surface area (Å²) in [5.41, 5.74) is 0.565. The van der Waals surface area contributed by atoms with E-state index in [0.717, 1.165) is 10.8 Å². The molecule has 0 saturated heterocycles. The van der Waals surface area contributed by atoms with E-state index in [2.05, 4.69) is 5.32 Å². The summed E-state index contributed by atoms with van der Waals surface area (Å²) in [5, 5.41) is 14.7. The van der Waals surface area contributed by atoms with Gasteiger partial charge >= 0.3 is 5.97 Å². The first-order valence-corrected chi connectivity index (χ1v) is 8.35. The summed E-state index contributed by atoms with van der Waals surface area (Å²) in [6.07, 6.45) is -1.04. The van der Waals surface area contributed by atoms with Crippen molar-refractivity contribution in [1.29, 1.82) is 0 Å². The van der Waals surface area contributed by atoms with E-state index in [-0.39, 0.29) is 11.3 Å². The molecule has 138 valence electrons. The molecule has 3 aromatic carbocycles. The zero-order chi connectivity index (χ0) is 19.4. The minimum Gasteiger partial charge on any atom is -0.507 e. The molecule has 1 amide bonds. The maximum absolute atomic E-state index is 12.3. The Kier molecular flexibility index (Phi) is 5.26. The Morgan fingerprint density at radius 2 is 1.74 bits per heavy atom. The predicted octanol–water partition coefficient (Wildman–Crippen LogP) is 3.74. The summed E-state index contributed by atoms with van der Waals surface area (Å²) < 4.78 is 10.1. The smallest absolute Gasteiger partial charge is 0.342 e. The molecular weight excluding hydrogens is 346 g/mol. The lowest BCUT2D eigenvalue weighted by Gasteiger charge is -2.14. The van der Waals surface area contributed by atoms with Gasteiger partial charge in [0.2, 0.25) is 0 Å². The number of phenolic OH excluding ortho intramolecular Hbond substituents is 1. The number of hydrogen-bond acceptors (Lipinski definition) is 5. The van der Waals surface area contributed by atoms with Crippen LogP contribution in [0.3, 0.4) is 0 Å². The van der Waals surface area contributed by atoms with Crippen LogP contribution in [0.15, 0.2) is 60.7 Å². The van der Waals surface area contributed by atoms with Gasteiger partial charge in [-0.2, -0.15) is 0 Å². The number of methoxy groups -OCH3 is 1. The summed E-state index contributed by atoms with van der Waals surface area (Å²) >= 11 is 0. The van der Waals surface area contributed by atoms with Crippen molar-refractivity contribution >= 4 is 28.3 Å². The largest absolute Gasteiger partial charge is 0.507 e. The first kappa shape index (κ1) is 18.3. The summed E-state index contributed by atoms with van der Waals surface area (Å²) in [7, 11) is 1.45. The molecule has 6 heteroatoms. The number of phenols is 1. The van der Waals surface area contributed by atoms with Gasteiger partial charge in [0.15, 0.2) is 6.10 Å². The fourth-order valence-electron chi connectivity index (χ4n) is 2.60. The number of hydrogen-bond donors (Lipinski definition) is 2. The fourth-order valence-corrected chi connectivity index (χ4v) is 2.60. The normalized spacial score (nSPS) is 11.6. The van der Waals surface area contributed by atoms with E-state index in [0.29, 0.717) is 11.4 Å². The molecule has 0 heterocycles. The maximum atomic E-state index is 12.3. The second-order valence-corrected chi connectivity index (χ2v) is 5.98. The Hall–Kier alpha value is -3.54. The number of nitrogens with one attached hydrogen (secondary N) is 1. The lowest BCUT2D eigenvalue weighted by atomic mass is 10.1. The summed E-state index contributed by atoms with van der Waals surface area (Å²) in [5.74, 6) is -1.13. The molecule has 0 fully saturated rings. The van der Waals surface area contributed by atoms with Crippen molar-refractivity contribution in [3.8, 4) is 11.5 Å². The van der Waals surface area contributed by atoms with E-state index in [9.17, 15) is 14.7 Å². The molecule has 1 atom stereocenters. The number of fused-ring (bicyclic) bond motifs is 1. The predicted molar refractivity (Wildman–Crippen MR) is 102 cm³/mol. The van der Waals surface area contributed by atoms with Crippen molar-refractivity contribution in [2.24, 2.45) is 0 Å². The van der Waals surface area contributed by atoms with E-state index in [1.807, 2.05) is 36.4 Å². The number of carbonyl (C=O) groups is 2. The standard InChI is InChI=1S/C21H19NO5/c1-13(27-21(25)18-10-9-17(26-2)12-19(18)23)20(24)22-16-8-7-14-5-3-4-6-15(14)11-16/h3-13,23H,1-2H3,(H,22,24)/t13-/m0/s1. The van der Waals surface area contributed by atoms with Crippen LogP contribution in [-0.4, -0.2) is 30.2 Å². The van der Waals surface area contributed by atoms with Gasteiger partial charge in [0.1, 0.15) is 17.1 Å². The summed E-state index contributed by atoms with van der Waals surface area (Å²) in [6, 6.07) is 17.5. The first-order valence-electron chi connectivity index (χ1n) is 8.35. The molecule has 0 aliphatic rings. The number of anilines is 1. The Morgan fingerprint density at radius 1 is 1.00 bits per heavy atom. The van der Waals surface area contributed by atoms with Crippen LogP contribution >= 0.6 is 0 Å². The van der Waals surface area contributed by atoms with Crippen LogP contribution in [-0.2, 0) is 9.53 Å². The van der Waals surface area contributed by atoms with Gasteiger partial charge in [-0.05, 0) is 42.0 Å². The number of carbonyl (C=O) groups excluding carboxylic acids is 2. The van der Waals surface area contributed by atoms with Crippen LogP contribution in [0.4, 0.5) is 5.69 Å². The Balaban J connectivity index is 1.66. The number of amides is 1. The van der Waals surface area contributed by atoms with E-state index >= 15 is 0 Å². The number of benzene rings is 3. The SMILES string of the molecule is COc1ccc(C(=O)O[C@@H](C)C(=O)Nc2ccc3ccccc3c2)c(O)c1. The third-order valence-electron chi connectivity index (χ3n) is 4.09. The van der Waals surface area contributed by atoms with Gasteiger partial charge < -0.3 is 19.9 Å². The van der Waals surface area contributed by atoms with Crippen molar-refractivity contribution in [2.75, 3.05) is 12.4 Å². The molecule has 0 saturated carbocycles. The molecule has 0 aromatic heterocycles. The number of esters is 1. The van der Waals surface area contributed by atoms with Crippen LogP contribution in [0, 0.1) is 0 Å². The van der Waals surface area contributed by atoms with Gasteiger partial charge in [-0.15, -0.1) is 0 Å². The fraction of sp³-hybridized carbons (Fsp3) is 0.143. The maximum Gasteiger partial charge on any atom is 0.342 e. The van der Waals surface area contributed by atoms with Gasteiger partial charge in [0.25, 0.3) is 5.91 Å². The molecule has 6 nitrogen and oxygen atoms in total. The summed E-state index contributed by atoms with van der Waals surface area (Å²) in [6.45, 7) is 1.47. The Labute approximate surface area is 156 Å². The zero-order valence-corrected chi connectivity index (χ0v) is 14.9. The molecule has 0 unspecified atom stereocenters. The van der Waals surface area contributed by atoms with Gasteiger partial charge in [-0.1, -0.05) is 30.3 Å². The topological polar surface area (TPSA) is 84.9 Å². The number of aromatic hydroxyl groups is 1. The molecule has 0 spiro atoms. The van der Waals surface area contributed by atoms with Crippen molar-refractivity contribution in [3.05, 3.63) is 66.2 Å². The van der Waals surface area contributed by atoms with Crippen LogP contribution in [0.5, 0.6) is 11.5 Å². The number of ether oxygens (including phenoxy) is 2. The van der Waals surface area contributed by atoms with E-state index in [1.54, 1.807) is 6.07 Å².